The van der Waals surface area contributed by atoms with Crippen molar-refractivity contribution in [2.24, 2.45) is 7.05 Å². The van der Waals surface area contributed by atoms with E-state index in [1.165, 1.54) is 0 Å². The van der Waals surface area contributed by atoms with Crippen LogP contribution in [0.2, 0.25) is 0 Å². The quantitative estimate of drug-likeness (QED) is 0.860. The van der Waals surface area contributed by atoms with Crippen LogP contribution in [-0.2, 0) is 21.7 Å². The molecule has 1 saturated heterocycles. The molecule has 0 saturated carbocycles. The van der Waals surface area contributed by atoms with Gasteiger partial charge in [0, 0.05) is 36.2 Å². The molecule has 4 rings (SSSR count). The number of hydrogen-bond donors (Lipinski definition) is 1. The first-order valence-electron chi connectivity index (χ1n) is 8.34. The maximum absolute atomic E-state index is 12.2. The van der Waals surface area contributed by atoms with Crippen molar-refractivity contribution in [2.45, 2.75) is 38.6 Å². The van der Waals surface area contributed by atoms with E-state index in [-0.39, 0.29) is 29.4 Å². The highest BCUT2D eigenvalue weighted by molar-refractivity contribution is 7.91. The Morgan fingerprint density at radius 2 is 2.08 bits per heavy atom. The second-order valence-electron chi connectivity index (χ2n) is 6.96. The number of rotatable bonds is 2. The fourth-order valence-electron chi connectivity index (χ4n) is 4.10. The largest absolute Gasteiger partial charge is 0.311 e. The van der Waals surface area contributed by atoms with Gasteiger partial charge in [-0.05, 0) is 20.3 Å². The molecule has 4 heterocycles. The predicted molar refractivity (Wildman–Crippen MR) is 92.3 cm³/mol. The van der Waals surface area contributed by atoms with Crippen molar-refractivity contribution in [2.75, 3.05) is 16.8 Å². The number of amides is 1. The maximum atomic E-state index is 12.2. The zero-order valence-electron chi connectivity index (χ0n) is 14.5. The third-order valence-electron chi connectivity index (χ3n) is 5.27. The van der Waals surface area contributed by atoms with Crippen LogP contribution < -0.4 is 5.32 Å². The third-order valence-corrected chi connectivity index (χ3v) is 7.02. The molecule has 1 fully saturated rings. The summed E-state index contributed by atoms with van der Waals surface area (Å²) in [6, 6.07) is -0.122. The molecule has 9 heteroatoms. The summed E-state index contributed by atoms with van der Waals surface area (Å²) in [5.74, 6) is 0.915. The van der Waals surface area contributed by atoms with Crippen molar-refractivity contribution in [3.05, 3.63) is 28.7 Å². The Morgan fingerprint density at radius 3 is 2.76 bits per heavy atom. The molecule has 2 aromatic heterocycles. The summed E-state index contributed by atoms with van der Waals surface area (Å²) in [7, 11) is -1.18. The standard InChI is InChI=1S/C16H21N5O3S/c1-9-15(10(2)21(19-9)11-4-5-25(23,24)8-11)12-6-14(22)18-16-13(12)7-17-20(16)3/h7,11-12H,4-6,8H2,1-3H3,(H,18,22)/t11-,12+/m0/s1. The van der Waals surface area contributed by atoms with Crippen LogP contribution in [0.4, 0.5) is 5.82 Å². The summed E-state index contributed by atoms with van der Waals surface area (Å²) in [4.78, 5) is 12.2. The van der Waals surface area contributed by atoms with Gasteiger partial charge >= 0.3 is 0 Å². The van der Waals surface area contributed by atoms with Crippen LogP contribution in [0.15, 0.2) is 6.20 Å². The Kier molecular flexibility index (Phi) is 3.54. The molecule has 0 bridgehead atoms. The highest BCUT2D eigenvalue weighted by atomic mass is 32.2. The molecule has 2 aromatic rings. The molecule has 2 aliphatic heterocycles. The Bertz CT molecular complexity index is 972. The summed E-state index contributed by atoms with van der Waals surface area (Å²) in [6.07, 6.45) is 2.72. The predicted octanol–water partition coefficient (Wildman–Crippen LogP) is 1.07. The van der Waals surface area contributed by atoms with Gasteiger partial charge in [0.1, 0.15) is 5.82 Å². The Balaban J connectivity index is 1.78. The van der Waals surface area contributed by atoms with E-state index < -0.39 is 9.84 Å². The molecule has 0 aromatic carbocycles. The van der Waals surface area contributed by atoms with Crippen LogP contribution in [-0.4, -0.2) is 45.4 Å². The number of fused-ring (bicyclic) bond motifs is 1. The third kappa shape index (κ3) is 2.57. The van der Waals surface area contributed by atoms with Gasteiger partial charge in [-0.15, -0.1) is 0 Å². The number of aryl methyl sites for hydroxylation is 2. The number of carbonyl (C=O) groups is 1. The second-order valence-corrected chi connectivity index (χ2v) is 9.19. The number of nitrogens with one attached hydrogen (secondary N) is 1. The number of carbonyl (C=O) groups excluding carboxylic acids is 1. The van der Waals surface area contributed by atoms with E-state index in [1.807, 2.05) is 18.5 Å². The van der Waals surface area contributed by atoms with Crippen molar-refractivity contribution in [1.82, 2.24) is 19.6 Å². The zero-order valence-corrected chi connectivity index (χ0v) is 15.3. The van der Waals surface area contributed by atoms with Gasteiger partial charge < -0.3 is 5.32 Å². The lowest BCUT2D eigenvalue weighted by Crippen LogP contribution is -2.25. The number of nitrogens with zero attached hydrogens (tertiary/aromatic N) is 4. The molecule has 1 amide bonds. The monoisotopic (exact) mass is 363 g/mol. The smallest absolute Gasteiger partial charge is 0.226 e. The molecule has 0 spiro atoms. The Hall–Kier alpha value is -2.16. The SMILES string of the molecule is Cc1nn([C@H]2CCS(=O)(=O)C2)c(C)c1[C@@H]1CC(=O)Nc2c1cnn2C. The Labute approximate surface area is 146 Å². The van der Waals surface area contributed by atoms with Crippen LogP contribution >= 0.6 is 0 Å². The molecule has 8 nitrogen and oxygen atoms in total. The lowest BCUT2D eigenvalue weighted by molar-refractivity contribution is -0.116. The van der Waals surface area contributed by atoms with Gasteiger partial charge in [-0.25, -0.2) is 8.42 Å². The fraction of sp³-hybridized carbons (Fsp3) is 0.562. The van der Waals surface area contributed by atoms with Crippen LogP contribution in [0.5, 0.6) is 0 Å². The van der Waals surface area contributed by atoms with E-state index in [1.54, 1.807) is 17.9 Å². The van der Waals surface area contributed by atoms with E-state index in [0.29, 0.717) is 12.8 Å². The van der Waals surface area contributed by atoms with Gasteiger partial charge in [0.25, 0.3) is 0 Å². The number of aromatic nitrogens is 4. The minimum absolute atomic E-state index is 0.0453. The summed E-state index contributed by atoms with van der Waals surface area (Å²) < 4.78 is 27.2. The van der Waals surface area contributed by atoms with Crippen molar-refractivity contribution in [3.8, 4) is 0 Å². The number of sulfone groups is 1. The highest BCUT2D eigenvalue weighted by Gasteiger charge is 2.36. The van der Waals surface area contributed by atoms with E-state index in [4.69, 9.17) is 0 Å². The summed E-state index contributed by atoms with van der Waals surface area (Å²) >= 11 is 0. The minimum Gasteiger partial charge on any atom is -0.311 e. The highest BCUT2D eigenvalue weighted by Crippen LogP contribution is 2.40. The summed E-state index contributed by atoms with van der Waals surface area (Å²) in [6.45, 7) is 3.88. The second kappa shape index (κ2) is 5.42. The average Bonchev–Trinajstić information content (AvgIpc) is 3.16. The van der Waals surface area contributed by atoms with Crippen molar-refractivity contribution < 1.29 is 13.2 Å². The first-order chi connectivity index (χ1) is 11.8. The van der Waals surface area contributed by atoms with Crippen LogP contribution in [0, 0.1) is 13.8 Å². The van der Waals surface area contributed by atoms with E-state index >= 15 is 0 Å². The molecule has 0 aliphatic carbocycles. The van der Waals surface area contributed by atoms with Crippen molar-refractivity contribution in [1.29, 1.82) is 0 Å². The van der Waals surface area contributed by atoms with E-state index in [2.05, 4.69) is 15.5 Å². The van der Waals surface area contributed by atoms with E-state index in [0.717, 1.165) is 28.3 Å². The maximum Gasteiger partial charge on any atom is 0.226 e. The molecule has 2 aliphatic rings. The normalized spacial score (nSPS) is 25.0. The average molecular weight is 363 g/mol. The van der Waals surface area contributed by atoms with Gasteiger partial charge in [-0.2, -0.15) is 10.2 Å². The Morgan fingerprint density at radius 1 is 1.32 bits per heavy atom. The van der Waals surface area contributed by atoms with Gasteiger partial charge in [-0.1, -0.05) is 0 Å². The summed E-state index contributed by atoms with van der Waals surface area (Å²) in [5.41, 5.74) is 3.77. The fourth-order valence-corrected chi connectivity index (χ4v) is 5.79. The first kappa shape index (κ1) is 16.3. The van der Waals surface area contributed by atoms with Gasteiger partial charge in [0.2, 0.25) is 5.91 Å². The molecule has 0 radical (unpaired) electrons. The van der Waals surface area contributed by atoms with Crippen LogP contribution in [0.3, 0.4) is 0 Å². The van der Waals surface area contributed by atoms with Gasteiger partial charge in [0.05, 0.1) is 29.4 Å². The van der Waals surface area contributed by atoms with Crippen molar-refractivity contribution >= 4 is 21.6 Å². The topological polar surface area (TPSA) is 98.9 Å². The molecule has 1 N–H and O–H groups in total. The molecular weight excluding hydrogens is 342 g/mol. The lowest BCUT2D eigenvalue weighted by Gasteiger charge is -2.23. The first-order valence-corrected chi connectivity index (χ1v) is 10.2. The molecule has 2 atom stereocenters. The number of hydrogen-bond acceptors (Lipinski definition) is 5. The molecule has 25 heavy (non-hydrogen) atoms. The molecular formula is C16H21N5O3S. The van der Waals surface area contributed by atoms with Crippen LogP contribution in [0.25, 0.3) is 0 Å². The lowest BCUT2D eigenvalue weighted by atomic mass is 9.86. The van der Waals surface area contributed by atoms with Gasteiger partial charge in [-0.3, -0.25) is 14.2 Å². The van der Waals surface area contributed by atoms with E-state index in [9.17, 15) is 13.2 Å². The van der Waals surface area contributed by atoms with Crippen LogP contribution in [0.1, 0.15) is 47.3 Å². The van der Waals surface area contributed by atoms with Crippen molar-refractivity contribution in [3.63, 3.8) is 0 Å². The number of anilines is 1. The minimum atomic E-state index is -2.98. The summed E-state index contributed by atoms with van der Waals surface area (Å²) in [5, 5.41) is 11.8. The zero-order chi connectivity index (χ0) is 17.9. The molecule has 134 valence electrons. The molecule has 0 unspecified atom stereocenters. The van der Waals surface area contributed by atoms with Gasteiger partial charge in [0.15, 0.2) is 9.84 Å².